The lowest BCUT2D eigenvalue weighted by molar-refractivity contribution is -0.589. The lowest BCUT2D eigenvalue weighted by Gasteiger charge is -2.44. The number of anilines is 1. The predicted molar refractivity (Wildman–Crippen MR) is 79.9 cm³/mol. The Bertz CT molecular complexity index is 477. The fourth-order valence-electron chi connectivity index (χ4n) is 2.99. The lowest BCUT2D eigenvalue weighted by Crippen LogP contribution is -2.57. The molecule has 19 heavy (non-hydrogen) atoms. The van der Waals surface area contributed by atoms with E-state index < -0.39 is 6.28 Å². The molecule has 0 unspecified atom stereocenters. The van der Waals surface area contributed by atoms with Gasteiger partial charge in [-0.3, -0.25) is 0 Å². The number of fused-ring (bicyclic) bond motifs is 1. The summed E-state index contributed by atoms with van der Waals surface area (Å²) in [5, 5.41) is 3.66. The molecule has 2 heterocycles. The number of hydrogen-bond acceptors (Lipinski definition) is 3. The molecule has 1 N–H and O–H groups in total. The fourth-order valence-corrected chi connectivity index (χ4v) is 2.99. The third-order valence-corrected chi connectivity index (χ3v) is 4.28. The molecule has 4 nitrogen and oxygen atoms in total. The number of hydrogen-bond donors (Lipinski definition) is 1. The number of aromatic nitrogens is 2. The maximum atomic E-state index is 5.82. The minimum atomic E-state index is -0.884. The molecule has 1 aromatic heterocycles. The zero-order valence-electron chi connectivity index (χ0n) is 12.6. The molecule has 0 saturated heterocycles. The van der Waals surface area contributed by atoms with Crippen molar-refractivity contribution < 1.29 is 9.30 Å². The molecular weight excluding hydrogens is 237 g/mol. The molecule has 0 atom stereocenters. The molecule has 0 spiro atoms. The van der Waals surface area contributed by atoms with Crippen LogP contribution in [0.25, 0.3) is 5.88 Å². The van der Waals surface area contributed by atoms with Crippen LogP contribution in [-0.2, 0) is 4.74 Å². The van der Waals surface area contributed by atoms with Crippen molar-refractivity contribution in [2.45, 2.75) is 46.3 Å². The summed E-state index contributed by atoms with van der Waals surface area (Å²) in [5.74, 6) is 5.05. The van der Waals surface area contributed by atoms with Crippen LogP contribution in [0.5, 0.6) is 0 Å². The van der Waals surface area contributed by atoms with Gasteiger partial charge in [-0.2, -0.15) is 4.57 Å². The summed E-state index contributed by atoms with van der Waals surface area (Å²) in [6, 6.07) is 1.92. The average molecular weight is 261 g/mol. The molecule has 1 aliphatic rings. The SMILES string of the molecule is CCOC1=C[B-](C(C)C)(C(C)C)Nc2nccc[n+]21. The van der Waals surface area contributed by atoms with Crippen molar-refractivity contribution in [1.29, 1.82) is 0 Å². The van der Waals surface area contributed by atoms with Crippen molar-refractivity contribution in [3.63, 3.8) is 0 Å². The Morgan fingerprint density at radius 1 is 1.32 bits per heavy atom. The van der Waals surface area contributed by atoms with Crippen LogP contribution in [0.1, 0.15) is 34.6 Å². The maximum Gasteiger partial charge on any atom is 0.354 e. The monoisotopic (exact) mass is 261 g/mol. The van der Waals surface area contributed by atoms with E-state index in [1.807, 2.05) is 30.0 Å². The molecule has 1 aromatic rings. The largest absolute Gasteiger partial charge is 0.470 e. The molecule has 0 radical (unpaired) electrons. The first-order valence-electron chi connectivity index (χ1n) is 7.19. The van der Waals surface area contributed by atoms with Crippen molar-refractivity contribution in [3.8, 4) is 0 Å². The van der Waals surface area contributed by atoms with Gasteiger partial charge in [-0.1, -0.05) is 32.7 Å². The highest BCUT2D eigenvalue weighted by Gasteiger charge is 2.40. The van der Waals surface area contributed by atoms with Crippen LogP contribution in [0, 0.1) is 0 Å². The van der Waals surface area contributed by atoms with E-state index in [-0.39, 0.29) is 0 Å². The third kappa shape index (κ3) is 2.34. The predicted octanol–water partition coefficient (Wildman–Crippen LogP) is 2.93. The Morgan fingerprint density at radius 2 is 2.00 bits per heavy atom. The standard InChI is InChI=1S/C14H23BN3O/c1-6-19-13-10-15(11(2)3,12(4)5)17-14-16-8-7-9-18(13)14/h7-12H,6H2,1-5H3/q-1/p+1. The number of nitrogens with zero attached hydrogens (tertiary/aromatic N) is 2. The van der Waals surface area contributed by atoms with Crippen LogP contribution in [-0.4, -0.2) is 17.9 Å². The molecule has 0 amide bonds. The van der Waals surface area contributed by atoms with Crippen LogP contribution < -0.4 is 9.79 Å². The topological polar surface area (TPSA) is 38.0 Å². The van der Waals surface area contributed by atoms with E-state index in [0.29, 0.717) is 18.2 Å². The Kier molecular flexibility index (Phi) is 3.83. The zero-order valence-corrected chi connectivity index (χ0v) is 12.6. The maximum absolute atomic E-state index is 5.82. The number of ether oxygens (including phenoxy) is 1. The quantitative estimate of drug-likeness (QED) is 0.669. The van der Waals surface area contributed by atoms with Crippen molar-refractivity contribution in [3.05, 3.63) is 24.4 Å². The van der Waals surface area contributed by atoms with Gasteiger partial charge in [0.1, 0.15) is 6.20 Å². The van der Waals surface area contributed by atoms with Gasteiger partial charge in [0.2, 0.25) is 5.88 Å². The molecule has 0 aliphatic carbocycles. The zero-order chi connectivity index (χ0) is 14.0. The minimum Gasteiger partial charge on any atom is -0.470 e. The first-order valence-corrected chi connectivity index (χ1v) is 7.19. The van der Waals surface area contributed by atoms with Crippen LogP contribution in [0.2, 0.25) is 11.6 Å². The average Bonchev–Trinajstić information content (AvgIpc) is 2.38. The van der Waals surface area contributed by atoms with Gasteiger partial charge in [-0.05, 0) is 6.92 Å². The first kappa shape index (κ1) is 13.9. The Balaban J connectivity index is 2.55. The van der Waals surface area contributed by atoms with Gasteiger partial charge in [-0.25, -0.2) is 0 Å². The second-order valence-electron chi connectivity index (χ2n) is 5.96. The summed E-state index contributed by atoms with van der Waals surface area (Å²) >= 11 is 0. The normalized spacial score (nSPS) is 16.9. The molecule has 0 saturated carbocycles. The van der Waals surface area contributed by atoms with E-state index in [9.17, 15) is 0 Å². The molecule has 104 valence electrons. The summed E-state index contributed by atoms with van der Waals surface area (Å²) in [7, 11) is 0. The van der Waals surface area contributed by atoms with Crippen molar-refractivity contribution >= 4 is 18.1 Å². The summed E-state index contributed by atoms with van der Waals surface area (Å²) < 4.78 is 7.80. The fraction of sp³-hybridized carbons (Fsp3) is 0.571. The second-order valence-corrected chi connectivity index (χ2v) is 5.96. The molecule has 1 aliphatic heterocycles. The van der Waals surface area contributed by atoms with Gasteiger partial charge in [0.05, 0.1) is 12.8 Å². The Morgan fingerprint density at radius 3 is 2.58 bits per heavy atom. The van der Waals surface area contributed by atoms with E-state index in [1.165, 1.54) is 0 Å². The molecule has 5 heteroatoms. The number of rotatable bonds is 4. The number of nitrogens with one attached hydrogen (secondary N) is 1. The Hall–Kier alpha value is -1.52. The molecule has 0 aromatic carbocycles. The highest BCUT2D eigenvalue weighted by atomic mass is 16.5. The molecular formula is C14H24BN3O. The van der Waals surface area contributed by atoms with Gasteiger partial charge in [-0.15, -0.1) is 17.6 Å². The summed E-state index contributed by atoms with van der Waals surface area (Å²) in [5.41, 5.74) is 0. The van der Waals surface area contributed by atoms with E-state index in [0.717, 1.165) is 11.8 Å². The van der Waals surface area contributed by atoms with Gasteiger partial charge >= 0.3 is 5.95 Å². The van der Waals surface area contributed by atoms with Gasteiger partial charge < -0.3 is 9.96 Å². The highest BCUT2D eigenvalue weighted by molar-refractivity contribution is 6.90. The van der Waals surface area contributed by atoms with Crippen LogP contribution in [0.15, 0.2) is 24.4 Å². The van der Waals surface area contributed by atoms with Crippen molar-refractivity contribution in [1.82, 2.24) is 4.98 Å². The second kappa shape index (κ2) is 5.23. The van der Waals surface area contributed by atoms with E-state index in [1.54, 1.807) is 0 Å². The van der Waals surface area contributed by atoms with Crippen molar-refractivity contribution in [2.75, 3.05) is 11.8 Å². The van der Waals surface area contributed by atoms with Crippen LogP contribution in [0.4, 0.5) is 5.95 Å². The Labute approximate surface area is 115 Å². The summed E-state index contributed by atoms with van der Waals surface area (Å²) in [4.78, 5) is 4.46. The first-order chi connectivity index (χ1) is 9.01. The molecule has 0 fully saturated rings. The van der Waals surface area contributed by atoms with Crippen molar-refractivity contribution in [2.24, 2.45) is 0 Å². The lowest BCUT2D eigenvalue weighted by atomic mass is 9.23. The van der Waals surface area contributed by atoms with Gasteiger partial charge in [0, 0.05) is 6.07 Å². The minimum absolute atomic E-state index is 0.506. The van der Waals surface area contributed by atoms with Gasteiger partial charge in [0.25, 0.3) is 0 Å². The molecule has 2 rings (SSSR count). The van der Waals surface area contributed by atoms with E-state index in [4.69, 9.17) is 4.74 Å². The van der Waals surface area contributed by atoms with Crippen LogP contribution in [0.3, 0.4) is 0 Å². The van der Waals surface area contributed by atoms with Crippen LogP contribution >= 0.6 is 0 Å². The summed E-state index contributed by atoms with van der Waals surface area (Å²) in [6.45, 7) is 11.7. The smallest absolute Gasteiger partial charge is 0.354 e. The highest BCUT2D eigenvalue weighted by Crippen LogP contribution is 2.36. The molecule has 0 bridgehead atoms. The summed E-state index contributed by atoms with van der Waals surface area (Å²) in [6.07, 6.45) is 2.91. The van der Waals surface area contributed by atoms with Gasteiger partial charge in [0.15, 0.2) is 6.28 Å². The third-order valence-electron chi connectivity index (χ3n) is 4.28. The van der Waals surface area contributed by atoms with E-state index in [2.05, 4.69) is 43.9 Å². The van der Waals surface area contributed by atoms with E-state index >= 15 is 0 Å².